The second-order valence-corrected chi connectivity index (χ2v) is 9.07. The number of nitrogens with zero attached hydrogens (tertiary/aromatic N) is 3. The lowest BCUT2D eigenvalue weighted by Gasteiger charge is -2.34. The molecule has 0 fully saturated rings. The molecule has 0 aliphatic carbocycles. The molecule has 0 radical (unpaired) electrons. The van der Waals surface area contributed by atoms with Crippen LogP contribution in [0.1, 0.15) is 5.56 Å². The largest absolute Gasteiger partial charge is 0.308 e. The SMILES string of the molecule is N#Cc1cccnc1-c1cccc(-c2ccccc2N2c3ccccc3Sc3ccccc32)c1. The molecular formula is C30H19N3S. The Hall–Kier alpha value is -4.33. The van der Waals surface area contributed by atoms with Crippen LogP contribution in [0.25, 0.3) is 22.4 Å². The molecule has 0 bridgehead atoms. The van der Waals surface area contributed by atoms with E-state index in [9.17, 15) is 5.26 Å². The van der Waals surface area contributed by atoms with Crippen molar-refractivity contribution in [1.82, 2.24) is 4.98 Å². The van der Waals surface area contributed by atoms with E-state index in [-0.39, 0.29) is 0 Å². The second-order valence-electron chi connectivity index (χ2n) is 7.98. The first-order valence-electron chi connectivity index (χ1n) is 11.0. The lowest BCUT2D eigenvalue weighted by molar-refractivity contribution is 1.17. The number of rotatable bonds is 3. The summed E-state index contributed by atoms with van der Waals surface area (Å²) in [4.78, 5) is 9.31. The predicted octanol–water partition coefficient (Wildman–Crippen LogP) is 8.22. The Morgan fingerprint density at radius 2 is 1.29 bits per heavy atom. The highest BCUT2D eigenvalue weighted by Crippen LogP contribution is 2.52. The van der Waals surface area contributed by atoms with E-state index in [1.807, 2.05) is 18.2 Å². The van der Waals surface area contributed by atoms with Crippen LogP contribution in [-0.2, 0) is 0 Å². The predicted molar refractivity (Wildman–Crippen MR) is 139 cm³/mol. The molecule has 0 N–H and O–H groups in total. The number of anilines is 3. The van der Waals surface area contributed by atoms with Gasteiger partial charge in [0.05, 0.1) is 28.3 Å². The van der Waals surface area contributed by atoms with Gasteiger partial charge in [-0.25, -0.2) is 0 Å². The molecule has 0 unspecified atom stereocenters. The molecule has 0 spiro atoms. The number of hydrogen-bond donors (Lipinski definition) is 0. The fourth-order valence-corrected chi connectivity index (χ4v) is 5.49. The molecule has 2 heterocycles. The minimum Gasteiger partial charge on any atom is -0.308 e. The lowest BCUT2D eigenvalue weighted by Crippen LogP contribution is -2.15. The number of para-hydroxylation sites is 3. The minimum atomic E-state index is 0.573. The molecule has 3 nitrogen and oxygen atoms in total. The van der Waals surface area contributed by atoms with Crippen molar-refractivity contribution in [1.29, 1.82) is 5.26 Å². The highest BCUT2D eigenvalue weighted by Gasteiger charge is 2.26. The number of benzene rings is 4. The van der Waals surface area contributed by atoms with E-state index in [2.05, 4.69) is 101 Å². The molecule has 4 heteroatoms. The smallest absolute Gasteiger partial charge is 0.101 e. The second kappa shape index (κ2) is 8.55. The summed E-state index contributed by atoms with van der Waals surface area (Å²) in [5.41, 5.74) is 7.86. The normalized spacial score (nSPS) is 11.9. The van der Waals surface area contributed by atoms with Gasteiger partial charge >= 0.3 is 0 Å². The first-order chi connectivity index (χ1) is 16.8. The van der Waals surface area contributed by atoms with Gasteiger partial charge in [0.25, 0.3) is 0 Å². The maximum Gasteiger partial charge on any atom is 0.101 e. The van der Waals surface area contributed by atoms with Crippen molar-refractivity contribution in [3.8, 4) is 28.5 Å². The average Bonchev–Trinajstić information content (AvgIpc) is 2.92. The van der Waals surface area contributed by atoms with Gasteiger partial charge in [-0.3, -0.25) is 4.98 Å². The van der Waals surface area contributed by atoms with Crippen LogP contribution in [0.5, 0.6) is 0 Å². The summed E-state index contributed by atoms with van der Waals surface area (Å²) in [5.74, 6) is 0. The topological polar surface area (TPSA) is 39.9 Å². The standard InChI is InChI=1S/C30H19N3S/c31-20-23-11-8-18-32-30(23)22-10-7-9-21(19-22)24-12-1-2-13-25(24)33-26-14-3-5-16-28(26)34-29-17-6-4-15-27(29)33/h1-19H. The summed E-state index contributed by atoms with van der Waals surface area (Å²) in [5, 5.41) is 9.57. The Morgan fingerprint density at radius 1 is 0.647 bits per heavy atom. The van der Waals surface area contributed by atoms with Gasteiger partial charge in [-0.2, -0.15) is 5.26 Å². The highest BCUT2D eigenvalue weighted by molar-refractivity contribution is 7.99. The highest BCUT2D eigenvalue weighted by atomic mass is 32.2. The van der Waals surface area contributed by atoms with E-state index in [0.717, 1.165) is 22.4 Å². The molecule has 5 aromatic rings. The zero-order valence-corrected chi connectivity index (χ0v) is 19.0. The molecule has 0 amide bonds. The molecule has 0 saturated heterocycles. The van der Waals surface area contributed by atoms with Crippen LogP contribution in [0.3, 0.4) is 0 Å². The van der Waals surface area contributed by atoms with Crippen LogP contribution < -0.4 is 4.90 Å². The Bertz CT molecular complexity index is 1520. The van der Waals surface area contributed by atoms with E-state index < -0.39 is 0 Å². The Morgan fingerprint density at radius 3 is 2.03 bits per heavy atom. The van der Waals surface area contributed by atoms with Crippen LogP contribution in [0.15, 0.2) is 125 Å². The quantitative estimate of drug-likeness (QED) is 0.271. The molecule has 0 saturated carbocycles. The minimum absolute atomic E-state index is 0.573. The van der Waals surface area contributed by atoms with Gasteiger partial charge in [-0.1, -0.05) is 72.4 Å². The monoisotopic (exact) mass is 453 g/mol. The third-order valence-electron chi connectivity index (χ3n) is 5.95. The molecule has 160 valence electrons. The third kappa shape index (κ3) is 3.44. The Kier molecular flexibility index (Phi) is 5.10. The summed E-state index contributed by atoms with van der Waals surface area (Å²) >= 11 is 1.81. The zero-order valence-electron chi connectivity index (χ0n) is 18.2. The zero-order chi connectivity index (χ0) is 22.9. The molecule has 34 heavy (non-hydrogen) atoms. The maximum atomic E-state index is 9.57. The van der Waals surface area contributed by atoms with Crippen LogP contribution in [0, 0.1) is 11.3 Å². The fraction of sp³-hybridized carbons (Fsp3) is 0. The van der Waals surface area contributed by atoms with Crippen LogP contribution in [0.2, 0.25) is 0 Å². The molecule has 1 aliphatic rings. The van der Waals surface area contributed by atoms with E-state index in [1.54, 1.807) is 24.0 Å². The first kappa shape index (κ1) is 20.3. The number of pyridine rings is 1. The first-order valence-corrected chi connectivity index (χ1v) is 11.9. The molecule has 1 aromatic heterocycles. The van der Waals surface area contributed by atoms with Gasteiger partial charge in [0.2, 0.25) is 0 Å². The molecular weight excluding hydrogens is 434 g/mol. The molecule has 4 aromatic carbocycles. The Labute approximate surface area is 203 Å². The van der Waals surface area contributed by atoms with E-state index in [0.29, 0.717) is 11.3 Å². The summed E-state index contributed by atoms with van der Waals surface area (Å²) < 4.78 is 0. The fourth-order valence-electron chi connectivity index (χ4n) is 4.44. The van der Waals surface area contributed by atoms with Crippen LogP contribution in [-0.4, -0.2) is 4.98 Å². The van der Waals surface area contributed by atoms with Gasteiger partial charge in [-0.15, -0.1) is 0 Å². The molecule has 6 rings (SSSR count). The van der Waals surface area contributed by atoms with Crippen molar-refractivity contribution in [2.45, 2.75) is 9.79 Å². The van der Waals surface area contributed by atoms with E-state index in [4.69, 9.17) is 0 Å². The van der Waals surface area contributed by atoms with Gasteiger partial charge in [0.15, 0.2) is 0 Å². The summed E-state index contributed by atoms with van der Waals surface area (Å²) in [6.45, 7) is 0. The summed E-state index contributed by atoms with van der Waals surface area (Å²) in [6, 6.07) is 39.7. The lowest BCUT2D eigenvalue weighted by atomic mass is 9.97. The third-order valence-corrected chi connectivity index (χ3v) is 7.08. The van der Waals surface area contributed by atoms with Crippen molar-refractivity contribution >= 4 is 28.8 Å². The van der Waals surface area contributed by atoms with Crippen molar-refractivity contribution in [2.75, 3.05) is 4.90 Å². The average molecular weight is 454 g/mol. The van der Waals surface area contributed by atoms with Crippen LogP contribution >= 0.6 is 11.8 Å². The van der Waals surface area contributed by atoms with Gasteiger partial charge in [-0.05, 0) is 54.1 Å². The van der Waals surface area contributed by atoms with Gasteiger partial charge < -0.3 is 4.90 Å². The number of fused-ring (bicyclic) bond motifs is 2. The van der Waals surface area contributed by atoms with Crippen molar-refractivity contribution in [3.05, 3.63) is 121 Å². The summed E-state index contributed by atoms with van der Waals surface area (Å²) in [6.07, 6.45) is 1.73. The maximum absolute atomic E-state index is 9.57. The molecule has 0 atom stereocenters. The summed E-state index contributed by atoms with van der Waals surface area (Å²) in [7, 11) is 0. The molecule has 1 aliphatic heterocycles. The van der Waals surface area contributed by atoms with Gasteiger partial charge in [0.1, 0.15) is 6.07 Å². The van der Waals surface area contributed by atoms with Crippen molar-refractivity contribution in [2.24, 2.45) is 0 Å². The van der Waals surface area contributed by atoms with Gasteiger partial charge in [0, 0.05) is 27.1 Å². The van der Waals surface area contributed by atoms with Crippen molar-refractivity contribution in [3.63, 3.8) is 0 Å². The number of hydrogen-bond acceptors (Lipinski definition) is 4. The Balaban J connectivity index is 1.54. The van der Waals surface area contributed by atoms with E-state index >= 15 is 0 Å². The number of aromatic nitrogens is 1. The van der Waals surface area contributed by atoms with E-state index in [1.165, 1.54) is 21.2 Å². The number of nitriles is 1. The van der Waals surface area contributed by atoms with Crippen molar-refractivity contribution < 1.29 is 0 Å². The van der Waals surface area contributed by atoms with Crippen LogP contribution in [0.4, 0.5) is 17.1 Å².